The molecule has 3 aromatic rings. The van der Waals surface area contributed by atoms with Gasteiger partial charge in [-0.2, -0.15) is 5.26 Å². The molecule has 0 saturated heterocycles. The zero-order valence-electron chi connectivity index (χ0n) is 16.5. The van der Waals surface area contributed by atoms with Crippen molar-refractivity contribution in [2.75, 3.05) is 12.3 Å². The molecule has 152 valence electrons. The topological polar surface area (TPSA) is 74.8 Å². The number of carbonyl (C=O) groups excluding carboxylic acids is 1. The fraction of sp³-hybridized carbons (Fsp3) is 0.182. The molecule has 2 aromatic carbocycles. The van der Waals surface area contributed by atoms with E-state index in [2.05, 4.69) is 22.8 Å². The third-order valence-electron chi connectivity index (χ3n) is 4.43. The number of rotatable bonds is 8. The molecule has 1 aromatic heterocycles. The van der Waals surface area contributed by atoms with Gasteiger partial charge in [0.1, 0.15) is 6.33 Å². The lowest BCUT2D eigenvalue weighted by Gasteiger charge is -2.21. The Hall–Kier alpha value is -3.08. The van der Waals surface area contributed by atoms with E-state index in [1.165, 1.54) is 11.8 Å². The van der Waals surface area contributed by atoms with E-state index in [0.717, 1.165) is 16.8 Å². The summed E-state index contributed by atoms with van der Waals surface area (Å²) in [5.74, 6) is 0.170. The number of thioether (sulfide) groups is 1. The minimum atomic E-state index is -0.0410. The van der Waals surface area contributed by atoms with Crippen LogP contribution in [-0.4, -0.2) is 37.9 Å². The first-order valence-corrected chi connectivity index (χ1v) is 10.5. The number of halogens is 1. The molecule has 0 aliphatic rings. The monoisotopic (exact) mass is 437 g/mol. The molecule has 8 heteroatoms. The largest absolute Gasteiger partial charge is 0.334 e. The predicted molar refractivity (Wildman–Crippen MR) is 119 cm³/mol. The Labute approximate surface area is 184 Å². The zero-order valence-corrected chi connectivity index (χ0v) is 18.0. The summed E-state index contributed by atoms with van der Waals surface area (Å²) < 4.78 is 1.81. The van der Waals surface area contributed by atoms with E-state index in [1.807, 2.05) is 41.8 Å². The lowest BCUT2D eigenvalue weighted by atomic mass is 10.1. The van der Waals surface area contributed by atoms with Crippen LogP contribution in [0.3, 0.4) is 0 Å². The smallest absolute Gasteiger partial charge is 0.233 e. The summed E-state index contributed by atoms with van der Waals surface area (Å²) in [7, 11) is 0. The van der Waals surface area contributed by atoms with Gasteiger partial charge in [-0.15, -0.1) is 16.8 Å². The Morgan fingerprint density at radius 1 is 1.33 bits per heavy atom. The predicted octanol–water partition coefficient (Wildman–Crippen LogP) is 4.41. The van der Waals surface area contributed by atoms with Crippen molar-refractivity contribution in [3.05, 3.63) is 83.2 Å². The summed E-state index contributed by atoms with van der Waals surface area (Å²) in [6, 6.07) is 15.0. The summed E-state index contributed by atoms with van der Waals surface area (Å²) in [4.78, 5) is 14.5. The van der Waals surface area contributed by atoms with Gasteiger partial charge in [-0.05, 0) is 42.3 Å². The standard InChI is InChI=1S/C22H20ClN5OS/c1-3-10-27(13-18-7-5-17(12-24)6-8-18)21(29)14-30-22-26-25-15-28(22)19-9-4-16(2)20(23)11-19/h3-9,11,15H,1,10,13-14H2,2H3. The van der Waals surface area contributed by atoms with Crippen molar-refractivity contribution in [2.45, 2.75) is 18.6 Å². The van der Waals surface area contributed by atoms with Gasteiger partial charge in [0.25, 0.3) is 0 Å². The van der Waals surface area contributed by atoms with Gasteiger partial charge in [0.2, 0.25) is 5.91 Å². The molecular formula is C22H20ClN5OS. The summed E-state index contributed by atoms with van der Waals surface area (Å²) in [6.45, 7) is 6.56. The Kier molecular flexibility index (Phi) is 7.28. The Morgan fingerprint density at radius 2 is 2.10 bits per heavy atom. The fourth-order valence-electron chi connectivity index (χ4n) is 2.76. The number of amides is 1. The molecule has 0 fully saturated rings. The lowest BCUT2D eigenvalue weighted by molar-refractivity contribution is -0.128. The third-order valence-corrected chi connectivity index (χ3v) is 5.77. The van der Waals surface area contributed by atoms with Crippen LogP contribution in [0, 0.1) is 18.3 Å². The van der Waals surface area contributed by atoms with E-state index in [9.17, 15) is 4.79 Å². The molecule has 0 unspecified atom stereocenters. The highest BCUT2D eigenvalue weighted by Gasteiger charge is 2.16. The van der Waals surface area contributed by atoms with Crippen LogP contribution in [0.1, 0.15) is 16.7 Å². The SMILES string of the molecule is C=CCN(Cc1ccc(C#N)cc1)C(=O)CSc1nncn1-c1ccc(C)c(Cl)c1. The van der Waals surface area contributed by atoms with Gasteiger partial charge in [-0.1, -0.05) is 47.6 Å². The third kappa shape index (κ3) is 5.29. The molecular weight excluding hydrogens is 418 g/mol. The Bertz CT molecular complexity index is 1090. The van der Waals surface area contributed by atoms with Crippen LogP contribution in [0.4, 0.5) is 0 Å². The maximum atomic E-state index is 12.8. The van der Waals surface area contributed by atoms with Crippen LogP contribution in [0.25, 0.3) is 5.69 Å². The van der Waals surface area contributed by atoms with Crippen molar-refractivity contribution in [3.8, 4) is 11.8 Å². The molecule has 0 saturated carbocycles. The van der Waals surface area contributed by atoms with E-state index in [0.29, 0.717) is 28.8 Å². The van der Waals surface area contributed by atoms with E-state index >= 15 is 0 Å². The molecule has 0 aliphatic heterocycles. The van der Waals surface area contributed by atoms with Crippen LogP contribution in [0.2, 0.25) is 5.02 Å². The van der Waals surface area contributed by atoms with E-state index in [4.69, 9.17) is 16.9 Å². The highest BCUT2D eigenvalue weighted by molar-refractivity contribution is 7.99. The quantitative estimate of drug-likeness (QED) is 0.385. The molecule has 30 heavy (non-hydrogen) atoms. The minimum absolute atomic E-state index is 0.0410. The zero-order chi connectivity index (χ0) is 21.5. The first-order valence-electron chi connectivity index (χ1n) is 9.19. The van der Waals surface area contributed by atoms with Crippen LogP contribution in [0.15, 0.2) is 66.6 Å². The van der Waals surface area contributed by atoms with Crippen molar-refractivity contribution < 1.29 is 4.79 Å². The Morgan fingerprint density at radius 3 is 2.77 bits per heavy atom. The average Bonchev–Trinajstić information content (AvgIpc) is 3.23. The average molecular weight is 438 g/mol. The number of nitrogens with zero attached hydrogens (tertiary/aromatic N) is 5. The van der Waals surface area contributed by atoms with Crippen LogP contribution >= 0.6 is 23.4 Å². The van der Waals surface area contributed by atoms with Crippen molar-refractivity contribution in [3.63, 3.8) is 0 Å². The molecule has 3 rings (SSSR count). The maximum Gasteiger partial charge on any atom is 0.233 e. The minimum Gasteiger partial charge on any atom is -0.334 e. The molecule has 1 amide bonds. The van der Waals surface area contributed by atoms with Gasteiger partial charge in [0, 0.05) is 18.1 Å². The van der Waals surface area contributed by atoms with Crippen molar-refractivity contribution in [2.24, 2.45) is 0 Å². The van der Waals surface area contributed by atoms with E-state index in [-0.39, 0.29) is 11.7 Å². The second-order valence-corrected chi connectivity index (χ2v) is 7.93. The van der Waals surface area contributed by atoms with Gasteiger partial charge < -0.3 is 4.90 Å². The van der Waals surface area contributed by atoms with Crippen molar-refractivity contribution >= 4 is 29.3 Å². The number of hydrogen-bond acceptors (Lipinski definition) is 5. The van der Waals surface area contributed by atoms with Crippen LogP contribution in [-0.2, 0) is 11.3 Å². The van der Waals surface area contributed by atoms with Crippen molar-refractivity contribution in [1.82, 2.24) is 19.7 Å². The van der Waals surface area contributed by atoms with Gasteiger partial charge in [-0.25, -0.2) is 0 Å². The van der Waals surface area contributed by atoms with Gasteiger partial charge in [-0.3, -0.25) is 9.36 Å². The normalized spacial score (nSPS) is 10.4. The van der Waals surface area contributed by atoms with Crippen LogP contribution in [0.5, 0.6) is 0 Å². The summed E-state index contributed by atoms with van der Waals surface area (Å²) in [5.41, 5.74) is 3.37. The van der Waals surface area contributed by atoms with E-state index < -0.39 is 0 Å². The molecule has 1 heterocycles. The second-order valence-electron chi connectivity index (χ2n) is 6.58. The van der Waals surface area contributed by atoms with Gasteiger partial charge in [0.15, 0.2) is 5.16 Å². The first kappa shape index (κ1) is 21.6. The number of aryl methyl sites for hydroxylation is 1. The van der Waals surface area contributed by atoms with Crippen molar-refractivity contribution in [1.29, 1.82) is 5.26 Å². The Balaban J connectivity index is 1.68. The van der Waals surface area contributed by atoms with Gasteiger partial charge >= 0.3 is 0 Å². The highest BCUT2D eigenvalue weighted by Crippen LogP contribution is 2.24. The molecule has 6 nitrogen and oxygen atoms in total. The number of aromatic nitrogens is 3. The van der Waals surface area contributed by atoms with Gasteiger partial charge in [0.05, 0.1) is 23.1 Å². The maximum absolute atomic E-state index is 12.8. The first-order chi connectivity index (χ1) is 14.5. The highest BCUT2D eigenvalue weighted by atomic mass is 35.5. The summed E-state index contributed by atoms with van der Waals surface area (Å²) >= 11 is 7.55. The molecule has 0 aliphatic carbocycles. The number of benzene rings is 2. The molecule has 0 bridgehead atoms. The lowest BCUT2D eigenvalue weighted by Crippen LogP contribution is -2.32. The van der Waals surface area contributed by atoms with E-state index in [1.54, 1.807) is 29.4 Å². The number of hydrogen-bond donors (Lipinski definition) is 0. The molecule has 0 radical (unpaired) electrons. The molecule has 0 spiro atoms. The second kappa shape index (κ2) is 10.1. The summed E-state index contributed by atoms with van der Waals surface area (Å²) in [6.07, 6.45) is 3.30. The molecule has 0 atom stereocenters. The number of carbonyl (C=O) groups is 1. The molecule has 0 N–H and O–H groups in total. The fourth-order valence-corrected chi connectivity index (χ4v) is 3.77. The summed E-state index contributed by atoms with van der Waals surface area (Å²) in [5, 5.41) is 18.3. The number of nitriles is 1. The van der Waals surface area contributed by atoms with Crippen LogP contribution < -0.4 is 0 Å².